The molecule has 4 heteroatoms. The van der Waals surface area contributed by atoms with E-state index in [1.807, 2.05) is 0 Å². The molecule has 0 saturated carbocycles. The summed E-state index contributed by atoms with van der Waals surface area (Å²) in [6, 6.07) is 0. The number of aliphatic hydroxyl groups excluding tert-OH is 1. The zero-order chi connectivity index (χ0) is 8.97. The number of likely N-dealkylation sites (tertiary alicyclic amines) is 1. The van der Waals surface area contributed by atoms with Crippen LogP contribution in [0.4, 0.5) is 0 Å². The number of primary amides is 1. The van der Waals surface area contributed by atoms with Crippen LogP contribution in [0, 0.1) is 5.92 Å². The number of piperidine rings is 1. The monoisotopic (exact) mass is 173 g/mol. The molecule has 0 aromatic heterocycles. The van der Waals surface area contributed by atoms with Crippen LogP contribution < -0.4 is 10.6 Å². The van der Waals surface area contributed by atoms with Gasteiger partial charge in [0, 0.05) is 18.8 Å². The van der Waals surface area contributed by atoms with Crippen LogP contribution in [0.25, 0.3) is 0 Å². The smallest absolute Gasteiger partial charge is 0.220 e. The van der Waals surface area contributed by atoms with Crippen molar-refractivity contribution in [1.29, 1.82) is 0 Å². The first-order chi connectivity index (χ1) is 5.74. The summed E-state index contributed by atoms with van der Waals surface area (Å²) in [5.74, 6) is -0.0921. The van der Waals surface area contributed by atoms with E-state index < -0.39 is 0 Å². The fourth-order valence-electron chi connectivity index (χ4n) is 1.72. The highest BCUT2D eigenvalue weighted by Crippen LogP contribution is 2.07. The van der Waals surface area contributed by atoms with Gasteiger partial charge in [-0.25, -0.2) is 0 Å². The minimum Gasteiger partial charge on any atom is -0.391 e. The molecule has 4 nitrogen and oxygen atoms in total. The molecule has 1 rings (SSSR count). The molecule has 1 fully saturated rings. The summed E-state index contributed by atoms with van der Waals surface area (Å²) in [6.07, 6.45) is 1.76. The van der Waals surface area contributed by atoms with Crippen molar-refractivity contribution in [3.63, 3.8) is 0 Å². The fraction of sp³-hybridized carbons (Fsp3) is 0.875. The Labute approximate surface area is 72.3 Å². The molecular weight excluding hydrogens is 156 g/mol. The zero-order valence-electron chi connectivity index (χ0n) is 7.25. The highest BCUT2D eigenvalue weighted by atomic mass is 16.3. The van der Waals surface area contributed by atoms with E-state index in [1.165, 1.54) is 4.90 Å². The van der Waals surface area contributed by atoms with Gasteiger partial charge in [-0.05, 0) is 0 Å². The Hall–Kier alpha value is -0.610. The Morgan fingerprint density at radius 2 is 2.08 bits per heavy atom. The van der Waals surface area contributed by atoms with Crippen LogP contribution in [0.15, 0.2) is 0 Å². The molecule has 1 aliphatic heterocycles. The number of aliphatic hydroxyl groups is 1. The Morgan fingerprint density at radius 3 is 2.50 bits per heavy atom. The Kier molecular flexibility index (Phi) is 3.49. The van der Waals surface area contributed by atoms with Crippen molar-refractivity contribution in [3.05, 3.63) is 0 Å². The minimum atomic E-state index is -0.168. The highest BCUT2D eigenvalue weighted by molar-refractivity contribution is 5.76. The SMILES string of the molecule is NC(=O)C1CC[NH+](CCO)CC1. The van der Waals surface area contributed by atoms with E-state index in [2.05, 4.69) is 0 Å². The Bertz CT molecular complexity index is 153. The highest BCUT2D eigenvalue weighted by Gasteiger charge is 2.24. The second kappa shape index (κ2) is 4.42. The maximum absolute atomic E-state index is 10.8. The quantitative estimate of drug-likeness (QED) is 0.452. The maximum Gasteiger partial charge on any atom is 0.220 e. The lowest BCUT2D eigenvalue weighted by Crippen LogP contribution is -3.13. The predicted molar refractivity (Wildman–Crippen MR) is 44.6 cm³/mol. The second-order valence-electron chi connectivity index (χ2n) is 3.40. The lowest BCUT2D eigenvalue weighted by atomic mass is 9.96. The van der Waals surface area contributed by atoms with E-state index in [0.29, 0.717) is 0 Å². The van der Waals surface area contributed by atoms with Gasteiger partial charge in [-0.1, -0.05) is 0 Å². The molecule has 0 spiro atoms. The molecule has 0 aromatic rings. The zero-order valence-corrected chi connectivity index (χ0v) is 7.25. The first-order valence-corrected chi connectivity index (χ1v) is 4.47. The minimum absolute atomic E-state index is 0.0763. The molecule has 0 radical (unpaired) electrons. The number of carbonyl (C=O) groups excluding carboxylic acids is 1. The molecular formula is C8H17N2O2+. The molecule has 0 unspecified atom stereocenters. The first-order valence-electron chi connectivity index (χ1n) is 4.47. The van der Waals surface area contributed by atoms with Crippen molar-refractivity contribution in [1.82, 2.24) is 0 Å². The van der Waals surface area contributed by atoms with Crippen LogP contribution >= 0.6 is 0 Å². The van der Waals surface area contributed by atoms with E-state index >= 15 is 0 Å². The standard InChI is InChI=1S/C8H16N2O2/c9-8(12)7-1-3-10(4-2-7)5-6-11/h7,11H,1-6H2,(H2,9,12)/p+1. The molecule has 0 atom stereocenters. The number of nitrogens with one attached hydrogen (secondary N) is 1. The van der Waals surface area contributed by atoms with Gasteiger partial charge >= 0.3 is 0 Å². The van der Waals surface area contributed by atoms with Crippen molar-refractivity contribution in [2.24, 2.45) is 11.7 Å². The van der Waals surface area contributed by atoms with Crippen molar-refractivity contribution in [2.45, 2.75) is 12.8 Å². The summed E-state index contributed by atoms with van der Waals surface area (Å²) >= 11 is 0. The van der Waals surface area contributed by atoms with E-state index in [1.54, 1.807) is 0 Å². The molecule has 70 valence electrons. The summed E-state index contributed by atoms with van der Waals surface area (Å²) in [4.78, 5) is 12.2. The Morgan fingerprint density at radius 1 is 1.50 bits per heavy atom. The van der Waals surface area contributed by atoms with Crippen LogP contribution in [-0.4, -0.2) is 37.3 Å². The number of nitrogens with two attached hydrogens (primary N) is 1. The lowest BCUT2D eigenvalue weighted by Gasteiger charge is -2.26. The first kappa shape index (κ1) is 9.48. The molecule has 12 heavy (non-hydrogen) atoms. The molecule has 1 saturated heterocycles. The summed E-state index contributed by atoms with van der Waals surface area (Å²) < 4.78 is 0. The van der Waals surface area contributed by atoms with Gasteiger partial charge in [-0.3, -0.25) is 4.79 Å². The van der Waals surface area contributed by atoms with Crippen LogP contribution in [-0.2, 0) is 4.79 Å². The van der Waals surface area contributed by atoms with Crippen molar-refractivity contribution in [3.8, 4) is 0 Å². The van der Waals surface area contributed by atoms with Gasteiger partial charge in [0.2, 0.25) is 5.91 Å². The summed E-state index contributed by atoms with van der Waals surface area (Å²) in [7, 11) is 0. The largest absolute Gasteiger partial charge is 0.391 e. The molecule has 1 heterocycles. The number of amides is 1. The van der Waals surface area contributed by atoms with Crippen molar-refractivity contribution >= 4 is 5.91 Å². The van der Waals surface area contributed by atoms with Crippen LogP contribution in [0.3, 0.4) is 0 Å². The van der Waals surface area contributed by atoms with E-state index in [-0.39, 0.29) is 18.4 Å². The van der Waals surface area contributed by atoms with Crippen LogP contribution in [0.5, 0.6) is 0 Å². The molecule has 1 amide bonds. The van der Waals surface area contributed by atoms with Gasteiger partial charge in [0.25, 0.3) is 0 Å². The average molecular weight is 173 g/mol. The van der Waals surface area contributed by atoms with Gasteiger partial charge in [0.1, 0.15) is 6.54 Å². The summed E-state index contributed by atoms with van der Waals surface area (Å²) in [6.45, 7) is 2.96. The number of rotatable bonds is 3. The van der Waals surface area contributed by atoms with E-state index in [4.69, 9.17) is 10.8 Å². The van der Waals surface area contributed by atoms with Crippen LogP contribution in [0.1, 0.15) is 12.8 Å². The van der Waals surface area contributed by atoms with E-state index in [9.17, 15) is 4.79 Å². The lowest BCUT2D eigenvalue weighted by molar-refractivity contribution is -0.906. The van der Waals surface area contributed by atoms with Gasteiger partial charge in [0.05, 0.1) is 19.7 Å². The topological polar surface area (TPSA) is 67.8 Å². The van der Waals surface area contributed by atoms with Crippen molar-refractivity contribution < 1.29 is 14.8 Å². The third-order valence-electron chi connectivity index (χ3n) is 2.56. The van der Waals surface area contributed by atoms with E-state index in [0.717, 1.165) is 32.5 Å². The molecule has 1 aliphatic rings. The van der Waals surface area contributed by atoms with Gasteiger partial charge in [-0.2, -0.15) is 0 Å². The molecule has 0 aliphatic carbocycles. The molecule has 4 N–H and O–H groups in total. The second-order valence-corrected chi connectivity index (χ2v) is 3.40. The molecule has 0 bridgehead atoms. The summed E-state index contributed by atoms with van der Waals surface area (Å²) in [5.41, 5.74) is 5.19. The maximum atomic E-state index is 10.8. The third kappa shape index (κ3) is 2.46. The van der Waals surface area contributed by atoms with Crippen molar-refractivity contribution in [2.75, 3.05) is 26.2 Å². The van der Waals surface area contributed by atoms with Gasteiger partial charge in [0.15, 0.2) is 0 Å². The Balaban J connectivity index is 2.25. The van der Waals surface area contributed by atoms with Gasteiger partial charge < -0.3 is 15.7 Å². The predicted octanol–water partition coefficient (Wildman–Crippen LogP) is -2.24. The summed E-state index contributed by atoms with van der Waals surface area (Å²) in [5, 5.41) is 8.68. The fourth-order valence-corrected chi connectivity index (χ4v) is 1.72. The number of hydrogen-bond donors (Lipinski definition) is 3. The number of hydrogen-bond acceptors (Lipinski definition) is 2. The van der Waals surface area contributed by atoms with Gasteiger partial charge in [-0.15, -0.1) is 0 Å². The normalized spacial score (nSPS) is 30.1. The third-order valence-corrected chi connectivity index (χ3v) is 2.56. The molecule has 0 aromatic carbocycles. The van der Waals surface area contributed by atoms with Crippen LogP contribution in [0.2, 0.25) is 0 Å². The number of quaternary nitrogens is 1. The number of carbonyl (C=O) groups is 1. The average Bonchev–Trinajstić information content (AvgIpc) is 2.06.